The number of rotatable bonds is 6. The van der Waals surface area contributed by atoms with Crippen molar-refractivity contribution in [1.82, 2.24) is 5.32 Å². The second-order valence-corrected chi connectivity index (χ2v) is 5.11. The van der Waals surface area contributed by atoms with Gasteiger partial charge in [0.05, 0.1) is 12.7 Å². The van der Waals surface area contributed by atoms with Gasteiger partial charge in [-0.25, -0.2) is 4.39 Å². The van der Waals surface area contributed by atoms with Gasteiger partial charge in [-0.15, -0.1) is 0 Å². The van der Waals surface area contributed by atoms with Gasteiger partial charge in [-0.1, -0.05) is 18.2 Å². The van der Waals surface area contributed by atoms with Gasteiger partial charge in [0, 0.05) is 25.7 Å². The minimum absolute atomic E-state index is 0.229. The largest absolute Gasteiger partial charge is 0.496 e. The Morgan fingerprint density at radius 3 is 2.58 bits per heavy atom. The average molecular weight is 330 g/mol. The molecule has 126 valence electrons. The number of hydrogen-bond acceptors (Lipinski definition) is 3. The third-order valence-electron chi connectivity index (χ3n) is 3.47. The Hall–Kier alpha value is -2.89. The standard InChI is InChI=1S/C18H19FN2O3/c1-13(22)21(15-7-5-6-14(19)12-15)11-10-20-18(23)16-8-3-4-9-17(16)24-2/h3-9,12H,10-11H2,1-2H3,(H,20,23). The lowest BCUT2D eigenvalue weighted by molar-refractivity contribution is -0.116. The first-order valence-corrected chi connectivity index (χ1v) is 7.48. The van der Waals surface area contributed by atoms with Crippen molar-refractivity contribution in [3.63, 3.8) is 0 Å². The van der Waals surface area contributed by atoms with Crippen LogP contribution in [0.3, 0.4) is 0 Å². The van der Waals surface area contributed by atoms with E-state index in [0.717, 1.165) is 0 Å². The summed E-state index contributed by atoms with van der Waals surface area (Å²) in [5.74, 6) is -0.470. The van der Waals surface area contributed by atoms with E-state index in [4.69, 9.17) is 4.74 Å². The van der Waals surface area contributed by atoms with Crippen LogP contribution in [0.25, 0.3) is 0 Å². The minimum atomic E-state index is -0.420. The Labute approximate surface area is 140 Å². The molecule has 6 heteroatoms. The van der Waals surface area contributed by atoms with Crippen LogP contribution < -0.4 is 15.0 Å². The molecule has 0 aliphatic carbocycles. The molecule has 0 radical (unpaired) electrons. The SMILES string of the molecule is COc1ccccc1C(=O)NCCN(C(C)=O)c1cccc(F)c1. The second-order valence-electron chi connectivity index (χ2n) is 5.11. The number of anilines is 1. The zero-order valence-corrected chi connectivity index (χ0v) is 13.6. The van der Waals surface area contributed by atoms with E-state index in [2.05, 4.69) is 5.32 Å². The van der Waals surface area contributed by atoms with Crippen molar-refractivity contribution in [3.05, 3.63) is 59.9 Å². The third-order valence-corrected chi connectivity index (χ3v) is 3.47. The van der Waals surface area contributed by atoms with Crippen LogP contribution in [-0.2, 0) is 4.79 Å². The van der Waals surface area contributed by atoms with Crippen LogP contribution >= 0.6 is 0 Å². The maximum atomic E-state index is 13.3. The Morgan fingerprint density at radius 2 is 1.92 bits per heavy atom. The summed E-state index contributed by atoms with van der Waals surface area (Å²) in [5.41, 5.74) is 0.870. The molecule has 0 fully saturated rings. The van der Waals surface area contributed by atoms with Gasteiger partial charge in [-0.2, -0.15) is 0 Å². The van der Waals surface area contributed by atoms with E-state index < -0.39 is 5.82 Å². The van der Waals surface area contributed by atoms with Gasteiger partial charge in [-0.05, 0) is 30.3 Å². The number of nitrogens with one attached hydrogen (secondary N) is 1. The zero-order valence-electron chi connectivity index (χ0n) is 13.6. The zero-order chi connectivity index (χ0) is 17.5. The first kappa shape index (κ1) is 17.5. The van der Waals surface area contributed by atoms with Crippen molar-refractivity contribution in [3.8, 4) is 5.75 Å². The van der Waals surface area contributed by atoms with Crippen LogP contribution in [-0.4, -0.2) is 32.0 Å². The lowest BCUT2D eigenvalue weighted by Crippen LogP contribution is -2.37. The highest BCUT2D eigenvalue weighted by molar-refractivity contribution is 5.97. The quantitative estimate of drug-likeness (QED) is 0.886. The highest BCUT2D eigenvalue weighted by Gasteiger charge is 2.14. The first-order valence-electron chi connectivity index (χ1n) is 7.48. The third kappa shape index (κ3) is 4.32. The molecule has 24 heavy (non-hydrogen) atoms. The highest BCUT2D eigenvalue weighted by Crippen LogP contribution is 2.17. The lowest BCUT2D eigenvalue weighted by Gasteiger charge is -2.21. The number of carbonyl (C=O) groups excluding carboxylic acids is 2. The summed E-state index contributed by atoms with van der Waals surface area (Å²) >= 11 is 0. The van der Waals surface area contributed by atoms with E-state index in [1.165, 1.54) is 37.1 Å². The summed E-state index contributed by atoms with van der Waals surface area (Å²) in [6, 6.07) is 12.6. The number of hydrogen-bond donors (Lipinski definition) is 1. The molecule has 5 nitrogen and oxygen atoms in total. The number of ether oxygens (including phenoxy) is 1. The van der Waals surface area contributed by atoms with Gasteiger partial charge in [-0.3, -0.25) is 9.59 Å². The van der Waals surface area contributed by atoms with Crippen LogP contribution in [0.4, 0.5) is 10.1 Å². The Kier molecular flexibility index (Phi) is 5.89. The van der Waals surface area contributed by atoms with E-state index in [1.807, 2.05) is 0 Å². The van der Waals surface area contributed by atoms with Gasteiger partial charge in [0.1, 0.15) is 11.6 Å². The fraction of sp³-hybridized carbons (Fsp3) is 0.222. The number of methoxy groups -OCH3 is 1. The van der Waals surface area contributed by atoms with Gasteiger partial charge in [0.2, 0.25) is 5.91 Å². The molecule has 0 aliphatic heterocycles. The van der Waals surface area contributed by atoms with E-state index in [1.54, 1.807) is 30.3 Å². The topological polar surface area (TPSA) is 58.6 Å². The average Bonchev–Trinajstić information content (AvgIpc) is 2.58. The Morgan fingerprint density at radius 1 is 1.17 bits per heavy atom. The maximum absolute atomic E-state index is 13.3. The predicted octanol–water partition coefficient (Wildman–Crippen LogP) is 2.62. The van der Waals surface area contributed by atoms with Crippen LogP contribution in [0.5, 0.6) is 5.75 Å². The molecule has 0 saturated carbocycles. The van der Waals surface area contributed by atoms with Crippen molar-refractivity contribution in [2.45, 2.75) is 6.92 Å². The van der Waals surface area contributed by atoms with Crippen molar-refractivity contribution >= 4 is 17.5 Å². The summed E-state index contributed by atoms with van der Waals surface area (Å²) in [7, 11) is 1.49. The normalized spacial score (nSPS) is 10.1. The Balaban J connectivity index is 2.00. The van der Waals surface area contributed by atoms with Gasteiger partial charge in [0.15, 0.2) is 0 Å². The van der Waals surface area contributed by atoms with Gasteiger partial charge in [0.25, 0.3) is 5.91 Å². The molecule has 1 N–H and O–H groups in total. The molecule has 0 heterocycles. The molecule has 0 atom stereocenters. The fourth-order valence-electron chi connectivity index (χ4n) is 2.32. The van der Waals surface area contributed by atoms with Crippen molar-refractivity contribution in [1.29, 1.82) is 0 Å². The summed E-state index contributed by atoms with van der Waals surface area (Å²) in [6.45, 7) is 1.86. The number of amides is 2. The molecule has 0 spiro atoms. The smallest absolute Gasteiger partial charge is 0.255 e. The first-order chi connectivity index (χ1) is 11.5. The molecule has 2 aromatic rings. The van der Waals surface area contributed by atoms with E-state index in [-0.39, 0.29) is 24.9 Å². The van der Waals surface area contributed by atoms with Crippen molar-refractivity contribution in [2.24, 2.45) is 0 Å². The van der Waals surface area contributed by atoms with E-state index in [9.17, 15) is 14.0 Å². The highest BCUT2D eigenvalue weighted by atomic mass is 19.1. The van der Waals surface area contributed by atoms with Gasteiger partial charge < -0.3 is 15.0 Å². The molecule has 2 aromatic carbocycles. The van der Waals surface area contributed by atoms with Crippen molar-refractivity contribution < 1.29 is 18.7 Å². The monoisotopic (exact) mass is 330 g/mol. The van der Waals surface area contributed by atoms with E-state index >= 15 is 0 Å². The molecule has 2 rings (SSSR count). The molecular formula is C18H19FN2O3. The number of benzene rings is 2. The van der Waals surface area contributed by atoms with Crippen LogP contribution in [0.1, 0.15) is 17.3 Å². The molecular weight excluding hydrogens is 311 g/mol. The van der Waals surface area contributed by atoms with E-state index in [0.29, 0.717) is 17.0 Å². The summed E-state index contributed by atoms with van der Waals surface area (Å²) in [4.78, 5) is 25.4. The molecule has 0 saturated heterocycles. The maximum Gasteiger partial charge on any atom is 0.255 e. The van der Waals surface area contributed by atoms with Crippen LogP contribution in [0.15, 0.2) is 48.5 Å². The summed E-state index contributed by atoms with van der Waals surface area (Å²) in [6.07, 6.45) is 0. The number of para-hydroxylation sites is 1. The fourth-order valence-corrected chi connectivity index (χ4v) is 2.32. The molecule has 0 bridgehead atoms. The molecule has 2 amide bonds. The molecule has 0 aliphatic rings. The predicted molar refractivity (Wildman–Crippen MR) is 89.8 cm³/mol. The van der Waals surface area contributed by atoms with Crippen LogP contribution in [0.2, 0.25) is 0 Å². The number of carbonyl (C=O) groups is 2. The summed E-state index contributed by atoms with van der Waals surface area (Å²) < 4.78 is 18.5. The number of halogens is 1. The minimum Gasteiger partial charge on any atom is -0.496 e. The van der Waals surface area contributed by atoms with Crippen LogP contribution in [0, 0.1) is 5.82 Å². The molecule has 0 aromatic heterocycles. The Bertz CT molecular complexity index is 734. The summed E-state index contributed by atoms with van der Waals surface area (Å²) in [5, 5.41) is 2.74. The lowest BCUT2D eigenvalue weighted by atomic mass is 10.2. The number of nitrogens with zero attached hydrogens (tertiary/aromatic N) is 1. The van der Waals surface area contributed by atoms with Gasteiger partial charge >= 0.3 is 0 Å². The molecule has 0 unspecified atom stereocenters. The second kappa shape index (κ2) is 8.10. The van der Waals surface area contributed by atoms with Crippen molar-refractivity contribution in [2.75, 3.05) is 25.1 Å².